The second-order valence-electron chi connectivity index (χ2n) is 8.33. The molecule has 1 saturated heterocycles. The molecule has 142 valence electrons. The lowest BCUT2D eigenvalue weighted by Crippen LogP contribution is -2.50. The lowest BCUT2D eigenvalue weighted by molar-refractivity contribution is 0.0755. The number of rotatable bonds is 3. The van der Waals surface area contributed by atoms with Crippen molar-refractivity contribution in [3.05, 3.63) is 54.2 Å². The quantitative estimate of drug-likeness (QED) is 0.879. The first-order valence-electron chi connectivity index (χ1n) is 10.5. The summed E-state index contributed by atoms with van der Waals surface area (Å²) in [4.78, 5) is 5.36. The Morgan fingerprint density at radius 1 is 1.00 bits per heavy atom. The molecule has 1 aliphatic carbocycles. The molecule has 0 unspecified atom stereocenters. The summed E-state index contributed by atoms with van der Waals surface area (Å²) in [7, 11) is 0. The van der Waals surface area contributed by atoms with Gasteiger partial charge in [0.05, 0.1) is 5.69 Å². The average molecular weight is 363 g/mol. The first kappa shape index (κ1) is 17.1. The topological polar surface area (TPSA) is 23.4 Å². The number of fused-ring (bicyclic) bond motifs is 3. The number of para-hydroxylation sites is 1. The molecule has 2 aliphatic heterocycles. The van der Waals surface area contributed by atoms with Crippen LogP contribution in [0, 0.1) is 0 Å². The van der Waals surface area contributed by atoms with Crippen molar-refractivity contribution in [2.75, 3.05) is 31.5 Å². The number of benzene rings is 1. The third kappa shape index (κ3) is 3.32. The standard InChI is InChI=1S/C23H30N4/c1-18-21-9-5-6-10-22(21)27-17-19(15-23(27)24-18)16-25-11-13-26(14-12-25)20-7-3-2-4-8-20/h5-6,9-10,15,17,20,24H,1-4,7-8,11-14,16H2. The largest absolute Gasteiger partial charge is 0.341 e. The van der Waals surface area contributed by atoms with Gasteiger partial charge in [0.25, 0.3) is 0 Å². The van der Waals surface area contributed by atoms with Crippen molar-refractivity contribution < 1.29 is 0 Å². The van der Waals surface area contributed by atoms with Crippen LogP contribution in [-0.2, 0) is 6.54 Å². The van der Waals surface area contributed by atoms with Gasteiger partial charge in [-0.05, 0) is 30.5 Å². The molecule has 3 heterocycles. The second-order valence-corrected chi connectivity index (χ2v) is 8.33. The molecule has 4 nitrogen and oxygen atoms in total. The van der Waals surface area contributed by atoms with Crippen LogP contribution in [-0.4, -0.2) is 46.6 Å². The first-order chi connectivity index (χ1) is 13.3. The van der Waals surface area contributed by atoms with Crippen LogP contribution in [0.4, 0.5) is 5.82 Å². The molecule has 0 radical (unpaired) electrons. The Morgan fingerprint density at radius 3 is 2.59 bits per heavy atom. The Hall–Kier alpha value is -2.04. The molecular weight excluding hydrogens is 332 g/mol. The molecule has 3 aliphatic rings. The highest BCUT2D eigenvalue weighted by Gasteiger charge is 2.26. The maximum atomic E-state index is 4.19. The summed E-state index contributed by atoms with van der Waals surface area (Å²) in [6.45, 7) is 10.1. The van der Waals surface area contributed by atoms with E-state index in [9.17, 15) is 0 Å². The normalized spacial score (nSPS) is 21.6. The van der Waals surface area contributed by atoms with Gasteiger partial charge in [0, 0.05) is 56.2 Å². The van der Waals surface area contributed by atoms with E-state index in [0.717, 1.165) is 24.1 Å². The van der Waals surface area contributed by atoms with Gasteiger partial charge in [-0.15, -0.1) is 0 Å². The van der Waals surface area contributed by atoms with Gasteiger partial charge >= 0.3 is 0 Å². The van der Waals surface area contributed by atoms with E-state index in [1.807, 2.05) is 0 Å². The van der Waals surface area contributed by atoms with E-state index in [-0.39, 0.29) is 0 Å². The summed E-state index contributed by atoms with van der Waals surface area (Å²) in [6.07, 6.45) is 9.44. The summed E-state index contributed by atoms with van der Waals surface area (Å²) in [6, 6.07) is 11.6. The molecule has 1 saturated carbocycles. The van der Waals surface area contributed by atoms with Crippen molar-refractivity contribution in [1.29, 1.82) is 0 Å². The highest BCUT2D eigenvalue weighted by molar-refractivity contribution is 5.83. The number of hydrogen-bond donors (Lipinski definition) is 1. The van der Waals surface area contributed by atoms with Crippen LogP contribution in [0.5, 0.6) is 0 Å². The Morgan fingerprint density at radius 2 is 1.78 bits per heavy atom. The van der Waals surface area contributed by atoms with E-state index in [4.69, 9.17) is 0 Å². The fourth-order valence-corrected chi connectivity index (χ4v) is 5.05. The molecular formula is C23H30N4. The smallest absolute Gasteiger partial charge is 0.115 e. The molecule has 27 heavy (non-hydrogen) atoms. The Labute approximate surface area is 162 Å². The predicted molar refractivity (Wildman–Crippen MR) is 112 cm³/mol. The zero-order valence-corrected chi connectivity index (χ0v) is 16.2. The molecule has 4 heteroatoms. The zero-order valence-electron chi connectivity index (χ0n) is 16.2. The fourth-order valence-electron chi connectivity index (χ4n) is 5.05. The van der Waals surface area contributed by atoms with E-state index < -0.39 is 0 Å². The van der Waals surface area contributed by atoms with E-state index >= 15 is 0 Å². The molecule has 0 amide bonds. The Bertz CT molecular complexity index is 823. The van der Waals surface area contributed by atoms with Crippen molar-refractivity contribution >= 4 is 11.5 Å². The number of aromatic nitrogens is 1. The molecule has 0 bridgehead atoms. The van der Waals surface area contributed by atoms with Crippen LogP contribution < -0.4 is 5.32 Å². The van der Waals surface area contributed by atoms with Gasteiger partial charge in [-0.25, -0.2) is 0 Å². The SMILES string of the molecule is C=C1Nc2cc(CN3CCN(C4CCCCC4)CC3)cn2-c2ccccc21. The minimum atomic E-state index is 0.856. The van der Waals surface area contributed by atoms with Gasteiger partial charge in [0.1, 0.15) is 5.82 Å². The second kappa shape index (κ2) is 7.17. The minimum Gasteiger partial charge on any atom is -0.341 e. The summed E-state index contributed by atoms with van der Waals surface area (Å²) >= 11 is 0. The van der Waals surface area contributed by atoms with Gasteiger partial charge in [0.15, 0.2) is 0 Å². The van der Waals surface area contributed by atoms with Crippen LogP contribution in [0.1, 0.15) is 43.2 Å². The van der Waals surface area contributed by atoms with Crippen molar-refractivity contribution in [3.8, 4) is 5.69 Å². The van der Waals surface area contributed by atoms with Crippen molar-refractivity contribution in [2.45, 2.75) is 44.7 Å². The number of nitrogens with one attached hydrogen (secondary N) is 1. The van der Waals surface area contributed by atoms with Crippen LogP contribution in [0.15, 0.2) is 43.1 Å². The third-order valence-corrected chi connectivity index (χ3v) is 6.55. The van der Waals surface area contributed by atoms with Gasteiger partial charge < -0.3 is 9.88 Å². The van der Waals surface area contributed by atoms with E-state index in [1.165, 1.54) is 75.1 Å². The highest BCUT2D eigenvalue weighted by Crippen LogP contribution is 2.33. The molecule has 2 fully saturated rings. The maximum absolute atomic E-state index is 4.19. The lowest BCUT2D eigenvalue weighted by atomic mass is 9.94. The van der Waals surface area contributed by atoms with Crippen molar-refractivity contribution in [1.82, 2.24) is 14.4 Å². The van der Waals surface area contributed by atoms with E-state index in [2.05, 4.69) is 62.8 Å². The molecule has 1 N–H and O–H groups in total. The predicted octanol–water partition coefficient (Wildman–Crippen LogP) is 4.32. The average Bonchev–Trinajstić information content (AvgIpc) is 3.12. The van der Waals surface area contributed by atoms with Gasteiger partial charge in [-0.1, -0.05) is 44.0 Å². The minimum absolute atomic E-state index is 0.856. The van der Waals surface area contributed by atoms with Gasteiger partial charge in [0.2, 0.25) is 0 Å². The Kier molecular flexibility index (Phi) is 4.54. The van der Waals surface area contributed by atoms with Crippen molar-refractivity contribution in [3.63, 3.8) is 0 Å². The molecule has 2 aromatic rings. The number of hydrogen-bond acceptors (Lipinski definition) is 3. The van der Waals surface area contributed by atoms with Crippen LogP contribution >= 0.6 is 0 Å². The molecule has 0 atom stereocenters. The number of nitrogens with zero attached hydrogens (tertiary/aromatic N) is 3. The zero-order chi connectivity index (χ0) is 18.2. The first-order valence-corrected chi connectivity index (χ1v) is 10.5. The summed E-state index contributed by atoms with van der Waals surface area (Å²) in [5.74, 6) is 1.13. The van der Waals surface area contributed by atoms with Crippen LogP contribution in [0.25, 0.3) is 11.4 Å². The molecule has 0 spiro atoms. The van der Waals surface area contributed by atoms with Crippen molar-refractivity contribution in [2.24, 2.45) is 0 Å². The van der Waals surface area contributed by atoms with Crippen LogP contribution in [0.3, 0.4) is 0 Å². The van der Waals surface area contributed by atoms with Gasteiger partial charge in [-0.3, -0.25) is 9.80 Å². The fraction of sp³-hybridized carbons (Fsp3) is 0.478. The molecule has 5 rings (SSSR count). The monoisotopic (exact) mass is 362 g/mol. The third-order valence-electron chi connectivity index (χ3n) is 6.55. The summed E-state index contributed by atoms with van der Waals surface area (Å²) in [5.41, 5.74) is 4.79. The lowest BCUT2D eigenvalue weighted by Gasteiger charge is -2.40. The molecule has 1 aromatic heterocycles. The van der Waals surface area contributed by atoms with E-state index in [1.54, 1.807) is 0 Å². The summed E-state index contributed by atoms with van der Waals surface area (Å²) in [5, 5.41) is 3.47. The Balaban J connectivity index is 1.25. The molecule has 1 aromatic carbocycles. The maximum Gasteiger partial charge on any atom is 0.115 e. The summed E-state index contributed by atoms with van der Waals surface area (Å²) < 4.78 is 2.28. The van der Waals surface area contributed by atoms with Gasteiger partial charge in [-0.2, -0.15) is 0 Å². The number of piperazine rings is 1. The number of anilines is 1. The van der Waals surface area contributed by atoms with E-state index in [0.29, 0.717) is 0 Å². The van der Waals surface area contributed by atoms with Crippen LogP contribution in [0.2, 0.25) is 0 Å². The highest BCUT2D eigenvalue weighted by atomic mass is 15.3.